The van der Waals surface area contributed by atoms with Crippen molar-refractivity contribution >= 4 is 22.2 Å². The lowest BCUT2D eigenvalue weighted by molar-refractivity contribution is -0.119. The summed E-state index contributed by atoms with van der Waals surface area (Å²) in [6, 6.07) is 0. The Hall–Kier alpha value is -1.19. The zero-order valence-corrected chi connectivity index (χ0v) is 22.0. The molecule has 0 radical (unpaired) electrons. The second-order valence-electron chi connectivity index (χ2n) is 8.54. The molecule has 2 amide bonds. The van der Waals surface area contributed by atoms with Crippen molar-refractivity contribution in [1.82, 2.24) is 0 Å². The molecule has 0 aliphatic heterocycles. The summed E-state index contributed by atoms with van der Waals surface area (Å²) in [7, 11) is -4.67. The van der Waals surface area contributed by atoms with Crippen molar-refractivity contribution in [2.45, 2.75) is 142 Å². The average Bonchev–Trinajstić information content (AvgIpc) is 2.70. The Bertz CT molecular complexity index is 487. The number of hydrogen-bond donors (Lipinski definition) is 4. The van der Waals surface area contributed by atoms with Gasteiger partial charge in [0.25, 0.3) is 0 Å². The Balaban J connectivity index is -0.000000453. The fourth-order valence-corrected chi connectivity index (χ4v) is 3.22. The Morgan fingerprint density at radius 3 is 0.879 bits per heavy atom. The summed E-state index contributed by atoms with van der Waals surface area (Å²) in [5, 5.41) is 0. The van der Waals surface area contributed by atoms with Crippen molar-refractivity contribution in [3.05, 3.63) is 0 Å². The third kappa shape index (κ3) is 59.1. The number of carbonyl (C=O) groups is 2. The molecule has 0 saturated heterocycles. The van der Waals surface area contributed by atoms with Crippen molar-refractivity contribution < 1.29 is 27.1 Å². The molecule has 0 aromatic rings. The lowest BCUT2D eigenvalue weighted by Gasteiger charge is -2.00. The molecule has 200 valence electrons. The molecule has 0 heterocycles. The summed E-state index contributed by atoms with van der Waals surface area (Å²) in [6.45, 7) is 4.48. The van der Waals surface area contributed by atoms with Crippen LogP contribution in [0.3, 0.4) is 0 Å². The Morgan fingerprint density at radius 2 is 0.697 bits per heavy atom. The van der Waals surface area contributed by atoms with Crippen molar-refractivity contribution in [2.24, 2.45) is 11.5 Å². The van der Waals surface area contributed by atoms with E-state index >= 15 is 0 Å². The van der Waals surface area contributed by atoms with Gasteiger partial charge in [-0.2, -0.15) is 8.42 Å². The van der Waals surface area contributed by atoms with Crippen LogP contribution in [-0.4, -0.2) is 29.3 Å². The molecule has 0 aromatic heterocycles. The monoisotopic (exact) mass is 496 g/mol. The van der Waals surface area contributed by atoms with E-state index in [-0.39, 0.29) is 11.8 Å². The van der Waals surface area contributed by atoms with Gasteiger partial charge in [0.05, 0.1) is 0 Å². The van der Waals surface area contributed by atoms with Gasteiger partial charge in [0.2, 0.25) is 11.8 Å². The van der Waals surface area contributed by atoms with Crippen LogP contribution >= 0.6 is 0 Å². The van der Waals surface area contributed by atoms with Gasteiger partial charge in [0, 0.05) is 12.8 Å². The summed E-state index contributed by atoms with van der Waals surface area (Å²) in [5.41, 5.74) is 10.1. The van der Waals surface area contributed by atoms with Gasteiger partial charge in [0.1, 0.15) is 0 Å². The standard InChI is InChI=1S/2C12H25NO.H2O4S/c2*1-2-3-4-5-6-7-8-9-10-11-12(13)14;1-5(2,3)4/h2*2-11H2,1H3,(H2,13,14);(H2,1,2,3,4). The maximum absolute atomic E-state index is 10.4. The van der Waals surface area contributed by atoms with Crippen LogP contribution in [0.1, 0.15) is 142 Å². The normalized spacial score (nSPS) is 10.5. The van der Waals surface area contributed by atoms with Gasteiger partial charge in [-0.1, -0.05) is 117 Å². The van der Waals surface area contributed by atoms with Gasteiger partial charge < -0.3 is 11.5 Å². The maximum atomic E-state index is 10.4. The van der Waals surface area contributed by atoms with Crippen molar-refractivity contribution in [3.63, 3.8) is 0 Å². The van der Waals surface area contributed by atoms with Crippen LogP contribution in [0.15, 0.2) is 0 Å². The molecule has 0 fully saturated rings. The van der Waals surface area contributed by atoms with Crippen LogP contribution in [0, 0.1) is 0 Å². The first-order valence-corrected chi connectivity index (χ1v) is 14.2. The van der Waals surface area contributed by atoms with E-state index in [1.165, 1.54) is 89.9 Å². The largest absolute Gasteiger partial charge is 0.394 e. The zero-order valence-electron chi connectivity index (χ0n) is 21.2. The second-order valence-corrected chi connectivity index (χ2v) is 9.43. The van der Waals surface area contributed by atoms with E-state index in [1.807, 2.05) is 0 Å². The van der Waals surface area contributed by atoms with Crippen LogP contribution < -0.4 is 11.5 Å². The number of primary amides is 2. The molecule has 8 nitrogen and oxygen atoms in total. The number of carbonyl (C=O) groups excluding carboxylic acids is 2. The molecule has 0 atom stereocenters. The first-order chi connectivity index (χ1) is 15.5. The van der Waals surface area contributed by atoms with Crippen LogP contribution in [-0.2, 0) is 20.0 Å². The van der Waals surface area contributed by atoms with Gasteiger partial charge in [0.15, 0.2) is 0 Å². The van der Waals surface area contributed by atoms with E-state index < -0.39 is 10.4 Å². The van der Waals surface area contributed by atoms with Gasteiger partial charge in [-0.15, -0.1) is 0 Å². The number of hydrogen-bond acceptors (Lipinski definition) is 4. The van der Waals surface area contributed by atoms with E-state index in [0.717, 1.165) is 25.7 Å². The molecule has 9 heteroatoms. The number of unbranched alkanes of at least 4 members (excludes halogenated alkanes) is 16. The van der Waals surface area contributed by atoms with Crippen LogP contribution in [0.2, 0.25) is 0 Å². The smallest absolute Gasteiger partial charge is 0.370 e. The summed E-state index contributed by atoms with van der Waals surface area (Å²) >= 11 is 0. The summed E-state index contributed by atoms with van der Waals surface area (Å²) in [6.07, 6.45) is 24.2. The Morgan fingerprint density at radius 1 is 0.515 bits per heavy atom. The highest BCUT2D eigenvalue weighted by atomic mass is 32.3. The maximum Gasteiger partial charge on any atom is 0.394 e. The molecule has 6 N–H and O–H groups in total. The SMILES string of the molecule is CCCCCCCCCCCC(N)=O.CCCCCCCCCCCC(N)=O.O=S(=O)(O)O. The minimum atomic E-state index is -4.67. The lowest BCUT2D eigenvalue weighted by Crippen LogP contribution is -2.09. The Labute approximate surface area is 203 Å². The van der Waals surface area contributed by atoms with Gasteiger partial charge >= 0.3 is 10.4 Å². The zero-order chi connectivity index (χ0) is 25.8. The van der Waals surface area contributed by atoms with E-state index in [4.69, 9.17) is 29.0 Å². The van der Waals surface area contributed by atoms with E-state index in [0.29, 0.717) is 12.8 Å². The number of amides is 2. The molecule has 0 unspecified atom stereocenters. The summed E-state index contributed by atoms with van der Waals surface area (Å²) in [5.74, 6) is -0.319. The van der Waals surface area contributed by atoms with Crippen molar-refractivity contribution in [3.8, 4) is 0 Å². The summed E-state index contributed by atoms with van der Waals surface area (Å²) < 4.78 is 31.6. The highest BCUT2D eigenvalue weighted by Crippen LogP contribution is 2.11. The fraction of sp³-hybridized carbons (Fsp3) is 0.917. The lowest BCUT2D eigenvalue weighted by atomic mass is 10.1. The first-order valence-electron chi connectivity index (χ1n) is 12.8. The van der Waals surface area contributed by atoms with Crippen LogP contribution in [0.5, 0.6) is 0 Å². The van der Waals surface area contributed by atoms with Gasteiger partial charge in [-0.05, 0) is 12.8 Å². The van der Waals surface area contributed by atoms with Gasteiger partial charge in [-0.25, -0.2) is 0 Å². The first kappa shape index (κ1) is 36.4. The molecule has 0 aromatic carbocycles. The molecule has 33 heavy (non-hydrogen) atoms. The fourth-order valence-electron chi connectivity index (χ4n) is 3.22. The van der Waals surface area contributed by atoms with E-state index in [9.17, 15) is 9.59 Å². The molecule has 0 saturated carbocycles. The third-order valence-electron chi connectivity index (χ3n) is 5.05. The number of nitrogens with two attached hydrogens (primary N) is 2. The highest BCUT2D eigenvalue weighted by molar-refractivity contribution is 7.79. The summed E-state index contributed by atoms with van der Waals surface area (Å²) in [4.78, 5) is 20.9. The minimum Gasteiger partial charge on any atom is -0.370 e. The molecule has 0 aliphatic carbocycles. The third-order valence-corrected chi connectivity index (χ3v) is 5.05. The average molecular weight is 497 g/mol. The molecule has 0 rings (SSSR count). The molecule has 0 aliphatic rings. The predicted octanol–water partition coefficient (Wildman–Crippen LogP) is 6.13. The Kier molecular flexibility index (Phi) is 31.8. The quantitative estimate of drug-likeness (QED) is 0.117. The topological polar surface area (TPSA) is 161 Å². The molecule has 0 spiro atoms. The molecular weight excluding hydrogens is 444 g/mol. The van der Waals surface area contributed by atoms with Gasteiger partial charge in [-0.3, -0.25) is 18.7 Å². The van der Waals surface area contributed by atoms with E-state index in [2.05, 4.69) is 13.8 Å². The molecule has 0 bridgehead atoms. The van der Waals surface area contributed by atoms with Crippen molar-refractivity contribution in [2.75, 3.05) is 0 Å². The molecular formula is C24H52N2O6S. The van der Waals surface area contributed by atoms with Crippen molar-refractivity contribution in [1.29, 1.82) is 0 Å². The van der Waals surface area contributed by atoms with Crippen LogP contribution in [0.25, 0.3) is 0 Å². The minimum absolute atomic E-state index is 0.159. The highest BCUT2D eigenvalue weighted by Gasteiger charge is 1.96. The number of rotatable bonds is 20. The van der Waals surface area contributed by atoms with Crippen LogP contribution in [0.4, 0.5) is 0 Å². The van der Waals surface area contributed by atoms with E-state index in [1.54, 1.807) is 0 Å². The predicted molar refractivity (Wildman–Crippen MR) is 136 cm³/mol. The second kappa shape index (κ2) is 28.8.